The molecule has 0 radical (unpaired) electrons. The number of hydrogen-bond acceptors (Lipinski definition) is 2. The number of thiol groups is 1. The molecular weight excluding hydrogens is 190 g/mol. The molecule has 0 aromatic heterocycles. The van der Waals surface area contributed by atoms with Gasteiger partial charge in [0.25, 0.3) is 0 Å². The molecule has 0 fully saturated rings. The van der Waals surface area contributed by atoms with E-state index in [2.05, 4.69) is 63.8 Å². The summed E-state index contributed by atoms with van der Waals surface area (Å²) in [5.74, 6) is 0.676. The SMILES string of the molecule is Cc1cc(C(C)(C)C)ccc1NCS. The monoisotopic (exact) mass is 209 g/mol. The number of benzene rings is 1. The second-order valence-electron chi connectivity index (χ2n) is 4.61. The van der Waals surface area contributed by atoms with Gasteiger partial charge in [-0.2, -0.15) is 12.6 Å². The molecule has 78 valence electrons. The summed E-state index contributed by atoms with van der Waals surface area (Å²) in [4.78, 5) is 0. The van der Waals surface area contributed by atoms with Crippen LogP contribution in [0.2, 0.25) is 0 Å². The van der Waals surface area contributed by atoms with Gasteiger partial charge in [-0.3, -0.25) is 0 Å². The van der Waals surface area contributed by atoms with Crippen molar-refractivity contribution in [2.24, 2.45) is 0 Å². The summed E-state index contributed by atoms with van der Waals surface area (Å²) >= 11 is 4.15. The van der Waals surface area contributed by atoms with Crippen molar-refractivity contribution in [1.82, 2.24) is 0 Å². The van der Waals surface area contributed by atoms with Crippen LogP contribution in [0.5, 0.6) is 0 Å². The van der Waals surface area contributed by atoms with Crippen LogP contribution >= 0.6 is 12.6 Å². The molecular formula is C12H19NS. The van der Waals surface area contributed by atoms with Gasteiger partial charge >= 0.3 is 0 Å². The first kappa shape index (κ1) is 11.4. The zero-order valence-electron chi connectivity index (χ0n) is 9.39. The van der Waals surface area contributed by atoms with Crippen molar-refractivity contribution in [1.29, 1.82) is 0 Å². The Morgan fingerprint density at radius 1 is 1.29 bits per heavy atom. The number of aryl methyl sites for hydroxylation is 1. The Bertz CT molecular complexity index is 313. The maximum absolute atomic E-state index is 4.15. The van der Waals surface area contributed by atoms with Crippen molar-refractivity contribution in [2.75, 3.05) is 11.2 Å². The molecule has 1 aromatic carbocycles. The number of rotatable bonds is 2. The largest absolute Gasteiger partial charge is 0.376 e. The molecule has 2 heteroatoms. The highest BCUT2D eigenvalue weighted by Crippen LogP contribution is 2.26. The smallest absolute Gasteiger partial charge is 0.0581 e. The highest BCUT2D eigenvalue weighted by molar-refractivity contribution is 7.80. The zero-order valence-corrected chi connectivity index (χ0v) is 10.3. The van der Waals surface area contributed by atoms with E-state index in [0.29, 0.717) is 5.88 Å². The first-order chi connectivity index (χ1) is 6.45. The van der Waals surface area contributed by atoms with E-state index in [0.717, 1.165) is 0 Å². The maximum atomic E-state index is 4.15. The fourth-order valence-electron chi connectivity index (χ4n) is 1.41. The van der Waals surface area contributed by atoms with Gasteiger partial charge in [0, 0.05) is 5.69 Å². The Kier molecular flexibility index (Phi) is 3.48. The number of nitrogens with one attached hydrogen (secondary N) is 1. The van der Waals surface area contributed by atoms with Crippen LogP contribution in [0.25, 0.3) is 0 Å². The van der Waals surface area contributed by atoms with Crippen LogP contribution in [-0.2, 0) is 5.41 Å². The predicted octanol–water partition coefficient (Wildman–Crippen LogP) is 3.59. The fourth-order valence-corrected chi connectivity index (χ4v) is 1.58. The molecule has 1 rings (SSSR count). The maximum Gasteiger partial charge on any atom is 0.0581 e. The third-order valence-electron chi connectivity index (χ3n) is 2.36. The van der Waals surface area contributed by atoms with Gasteiger partial charge in [0.1, 0.15) is 0 Å². The van der Waals surface area contributed by atoms with Gasteiger partial charge < -0.3 is 5.32 Å². The number of hydrogen-bond donors (Lipinski definition) is 2. The quantitative estimate of drug-likeness (QED) is 0.560. The number of anilines is 1. The summed E-state index contributed by atoms with van der Waals surface area (Å²) < 4.78 is 0. The van der Waals surface area contributed by atoms with Gasteiger partial charge in [-0.05, 0) is 29.5 Å². The molecule has 1 aromatic rings. The molecule has 0 heterocycles. The van der Waals surface area contributed by atoms with E-state index in [1.54, 1.807) is 0 Å². The van der Waals surface area contributed by atoms with Crippen LogP contribution in [0.15, 0.2) is 18.2 Å². The lowest BCUT2D eigenvalue weighted by molar-refractivity contribution is 0.590. The topological polar surface area (TPSA) is 12.0 Å². The van der Waals surface area contributed by atoms with Crippen molar-refractivity contribution in [3.8, 4) is 0 Å². The molecule has 0 unspecified atom stereocenters. The van der Waals surface area contributed by atoms with Gasteiger partial charge in [0.2, 0.25) is 0 Å². The van der Waals surface area contributed by atoms with Crippen molar-refractivity contribution < 1.29 is 0 Å². The van der Waals surface area contributed by atoms with Gasteiger partial charge in [-0.15, -0.1) is 0 Å². The summed E-state index contributed by atoms with van der Waals surface area (Å²) in [6, 6.07) is 6.55. The Morgan fingerprint density at radius 2 is 1.93 bits per heavy atom. The molecule has 0 amide bonds. The van der Waals surface area contributed by atoms with Crippen molar-refractivity contribution in [3.05, 3.63) is 29.3 Å². The fraction of sp³-hybridized carbons (Fsp3) is 0.500. The van der Waals surface area contributed by atoms with E-state index in [-0.39, 0.29) is 5.41 Å². The first-order valence-corrected chi connectivity index (χ1v) is 5.54. The van der Waals surface area contributed by atoms with Crippen molar-refractivity contribution in [2.45, 2.75) is 33.1 Å². The minimum Gasteiger partial charge on any atom is -0.376 e. The summed E-state index contributed by atoms with van der Waals surface area (Å²) in [6.45, 7) is 8.81. The molecule has 14 heavy (non-hydrogen) atoms. The summed E-state index contributed by atoms with van der Waals surface area (Å²) in [5.41, 5.74) is 4.06. The highest BCUT2D eigenvalue weighted by atomic mass is 32.1. The molecule has 0 atom stereocenters. The highest BCUT2D eigenvalue weighted by Gasteiger charge is 2.13. The minimum atomic E-state index is 0.226. The van der Waals surface area contributed by atoms with Crippen LogP contribution in [0.4, 0.5) is 5.69 Å². The average Bonchev–Trinajstić information content (AvgIpc) is 2.07. The van der Waals surface area contributed by atoms with E-state index in [4.69, 9.17) is 0 Å². The van der Waals surface area contributed by atoms with Crippen LogP contribution in [0.1, 0.15) is 31.9 Å². The Labute approximate surface area is 92.3 Å². The average molecular weight is 209 g/mol. The first-order valence-electron chi connectivity index (χ1n) is 4.91. The van der Waals surface area contributed by atoms with E-state index in [1.807, 2.05) is 0 Å². The lowest BCUT2D eigenvalue weighted by atomic mass is 9.86. The van der Waals surface area contributed by atoms with Crippen LogP contribution in [0, 0.1) is 6.92 Å². The minimum absolute atomic E-state index is 0.226. The Morgan fingerprint density at radius 3 is 2.36 bits per heavy atom. The van der Waals surface area contributed by atoms with Gasteiger partial charge in [0.05, 0.1) is 5.88 Å². The van der Waals surface area contributed by atoms with Crippen LogP contribution in [0.3, 0.4) is 0 Å². The molecule has 0 spiro atoms. The summed E-state index contributed by atoms with van der Waals surface area (Å²) in [7, 11) is 0. The van der Waals surface area contributed by atoms with Gasteiger partial charge in [-0.25, -0.2) is 0 Å². The summed E-state index contributed by atoms with van der Waals surface area (Å²) in [5, 5.41) is 3.22. The van der Waals surface area contributed by atoms with Crippen LogP contribution < -0.4 is 5.32 Å². The van der Waals surface area contributed by atoms with Gasteiger partial charge in [-0.1, -0.05) is 32.9 Å². The zero-order chi connectivity index (χ0) is 10.8. The van der Waals surface area contributed by atoms with E-state index >= 15 is 0 Å². The second kappa shape index (κ2) is 4.26. The Balaban J connectivity index is 3.01. The van der Waals surface area contributed by atoms with Crippen molar-refractivity contribution in [3.63, 3.8) is 0 Å². The van der Waals surface area contributed by atoms with Crippen molar-refractivity contribution >= 4 is 18.3 Å². The normalized spacial score (nSPS) is 11.5. The van der Waals surface area contributed by atoms with Crippen LogP contribution in [-0.4, -0.2) is 5.88 Å². The molecule has 0 saturated heterocycles. The lowest BCUT2D eigenvalue weighted by Crippen LogP contribution is -2.11. The Hall–Kier alpha value is -0.630. The predicted molar refractivity (Wildman–Crippen MR) is 67.4 cm³/mol. The van der Waals surface area contributed by atoms with E-state index in [9.17, 15) is 0 Å². The molecule has 0 aliphatic rings. The van der Waals surface area contributed by atoms with E-state index in [1.165, 1.54) is 16.8 Å². The second-order valence-corrected chi connectivity index (χ2v) is 4.93. The molecule has 1 nitrogen and oxygen atoms in total. The molecule has 1 N–H and O–H groups in total. The molecule has 0 aliphatic carbocycles. The standard InChI is InChI=1S/C12H19NS/c1-9-7-10(12(2,3)4)5-6-11(9)13-8-14/h5-7,13-14H,8H2,1-4H3. The third kappa shape index (κ3) is 2.68. The summed E-state index contributed by atoms with van der Waals surface area (Å²) in [6.07, 6.45) is 0. The van der Waals surface area contributed by atoms with E-state index < -0.39 is 0 Å². The molecule has 0 aliphatic heterocycles. The molecule has 0 bridgehead atoms. The lowest BCUT2D eigenvalue weighted by Gasteiger charge is -2.20. The third-order valence-corrected chi connectivity index (χ3v) is 2.52. The van der Waals surface area contributed by atoms with Gasteiger partial charge in [0.15, 0.2) is 0 Å². The molecule has 0 saturated carbocycles.